The molecule has 0 aliphatic rings. The summed E-state index contributed by atoms with van der Waals surface area (Å²) < 4.78 is 13.5. The largest absolute Gasteiger partial charge is 0.380 e. The van der Waals surface area contributed by atoms with E-state index in [1.54, 1.807) is 12.1 Å². The highest BCUT2D eigenvalue weighted by Crippen LogP contribution is 2.19. The summed E-state index contributed by atoms with van der Waals surface area (Å²) in [6.07, 6.45) is 0. The number of rotatable bonds is 3. The maximum absolute atomic E-state index is 13.0. The molecule has 14 heavy (non-hydrogen) atoms. The molecule has 0 bridgehead atoms. The average Bonchev–Trinajstić information content (AvgIpc) is 2.19. The van der Waals surface area contributed by atoms with Gasteiger partial charge in [-0.05, 0) is 34.1 Å². The van der Waals surface area contributed by atoms with E-state index in [0.717, 1.165) is 0 Å². The molecule has 0 fully saturated rings. The van der Waals surface area contributed by atoms with Crippen LogP contribution in [0.5, 0.6) is 0 Å². The van der Waals surface area contributed by atoms with Crippen LogP contribution in [0.2, 0.25) is 0 Å². The van der Waals surface area contributed by atoms with Crippen molar-refractivity contribution in [2.45, 2.75) is 0 Å². The fraction of sp³-hybridized carbons (Fsp3) is 0.111. The summed E-state index contributed by atoms with van der Waals surface area (Å²) in [5.41, 5.74) is 1.92. The molecule has 0 amide bonds. The van der Waals surface area contributed by atoms with Gasteiger partial charge < -0.3 is 5.32 Å². The highest BCUT2D eigenvalue weighted by atomic mass is 79.9. The summed E-state index contributed by atoms with van der Waals surface area (Å²) >= 11 is 14.1. The van der Waals surface area contributed by atoms with Gasteiger partial charge in [0.2, 0.25) is 0 Å². The lowest BCUT2D eigenvalue weighted by atomic mass is 10.3. The van der Waals surface area contributed by atoms with Gasteiger partial charge in [0.15, 0.2) is 0 Å². The van der Waals surface area contributed by atoms with Gasteiger partial charge in [0.05, 0.1) is 11.0 Å². The van der Waals surface area contributed by atoms with Crippen LogP contribution in [0.1, 0.15) is 0 Å². The summed E-state index contributed by atoms with van der Waals surface area (Å²) in [5, 5.41) is 3.39. The average molecular weight is 299 g/mol. The first-order valence-corrected chi connectivity index (χ1v) is 5.38. The number of halogens is 4. The van der Waals surface area contributed by atoms with Gasteiger partial charge in [0.25, 0.3) is 0 Å². The van der Waals surface area contributed by atoms with Gasteiger partial charge in [0.1, 0.15) is 5.82 Å². The second kappa shape index (κ2) is 5.59. The first-order chi connectivity index (χ1) is 6.63. The van der Waals surface area contributed by atoms with Gasteiger partial charge in [-0.2, -0.15) is 0 Å². The van der Waals surface area contributed by atoms with Crippen LogP contribution >= 0.6 is 39.1 Å². The quantitative estimate of drug-likeness (QED) is 0.876. The normalized spacial score (nSPS) is 11.6. The Labute approximate surface area is 100 Å². The van der Waals surface area contributed by atoms with Gasteiger partial charge in [-0.15, -0.1) is 0 Å². The molecule has 1 aromatic carbocycles. The van der Waals surface area contributed by atoms with E-state index in [-0.39, 0.29) is 5.82 Å². The van der Waals surface area contributed by atoms with E-state index in [2.05, 4.69) is 21.2 Å². The third-order valence-electron chi connectivity index (χ3n) is 1.50. The third kappa shape index (κ3) is 3.48. The molecule has 0 aliphatic carbocycles. The first kappa shape index (κ1) is 11.8. The molecule has 0 saturated heterocycles. The van der Waals surface area contributed by atoms with Gasteiger partial charge in [-0.1, -0.05) is 23.2 Å². The summed E-state index contributed by atoms with van der Waals surface area (Å²) in [6, 6.07) is 4.74. The highest BCUT2D eigenvalue weighted by Gasteiger charge is 2.00. The Morgan fingerprint density at radius 2 is 2.29 bits per heavy atom. The molecule has 1 rings (SSSR count). The molecule has 0 spiro atoms. The van der Waals surface area contributed by atoms with Crippen LogP contribution < -0.4 is 5.32 Å². The van der Waals surface area contributed by atoms with Crippen molar-refractivity contribution in [2.75, 3.05) is 11.9 Å². The second-order valence-electron chi connectivity index (χ2n) is 2.54. The maximum Gasteiger partial charge on any atom is 0.139 e. The fourth-order valence-corrected chi connectivity index (χ4v) is 1.22. The monoisotopic (exact) mass is 297 g/mol. The lowest BCUT2D eigenvalue weighted by molar-refractivity contribution is 0.621. The zero-order valence-corrected chi connectivity index (χ0v) is 10.1. The minimum absolute atomic E-state index is 0.319. The minimum Gasteiger partial charge on any atom is -0.380 e. The molecule has 0 unspecified atom stereocenters. The zero-order chi connectivity index (χ0) is 10.6. The lowest BCUT2D eigenvalue weighted by Gasteiger charge is -2.05. The lowest BCUT2D eigenvalue weighted by Crippen LogP contribution is -2.01. The van der Waals surface area contributed by atoms with Crippen molar-refractivity contribution < 1.29 is 4.39 Å². The van der Waals surface area contributed by atoms with Gasteiger partial charge in [0, 0.05) is 16.3 Å². The molecule has 0 radical (unpaired) electrons. The van der Waals surface area contributed by atoms with Gasteiger partial charge in [-0.3, -0.25) is 0 Å². The van der Waals surface area contributed by atoms with Crippen LogP contribution in [0, 0.1) is 5.82 Å². The number of nitrogens with one attached hydrogen (secondary N) is 1. The van der Waals surface area contributed by atoms with E-state index in [9.17, 15) is 4.39 Å². The third-order valence-corrected chi connectivity index (χ3v) is 2.76. The summed E-state index contributed by atoms with van der Waals surface area (Å²) in [7, 11) is 0. The fourth-order valence-electron chi connectivity index (χ4n) is 0.831. The van der Waals surface area contributed by atoms with Crippen LogP contribution in [0.3, 0.4) is 0 Å². The van der Waals surface area contributed by atoms with Crippen molar-refractivity contribution in [3.8, 4) is 0 Å². The van der Waals surface area contributed by atoms with Gasteiger partial charge >= 0.3 is 0 Å². The maximum atomic E-state index is 13.0. The Kier molecular flexibility index (Phi) is 4.72. The number of benzene rings is 1. The van der Waals surface area contributed by atoms with E-state index in [4.69, 9.17) is 23.2 Å². The van der Waals surface area contributed by atoms with Crippen LogP contribution in [0.15, 0.2) is 33.2 Å². The van der Waals surface area contributed by atoms with Crippen LogP contribution in [-0.4, -0.2) is 6.54 Å². The van der Waals surface area contributed by atoms with Crippen LogP contribution in [0.4, 0.5) is 10.1 Å². The molecule has 0 aromatic heterocycles. The van der Waals surface area contributed by atoms with Crippen molar-refractivity contribution in [1.82, 2.24) is 0 Å². The van der Waals surface area contributed by atoms with E-state index >= 15 is 0 Å². The molecule has 1 nitrogen and oxygen atoms in total. The van der Waals surface area contributed by atoms with Crippen LogP contribution in [0.25, 0.3) is 0 Å². The second-order valence-corrected chi connectivity index (χ2v) is 4.10. The molecule has 0 saturated carbocycles. The predicted octanol–water partition coefficient (Wildman–Crippen LogP) is 4.32. The summed E-state index contributed by atoms with van der Waals surface area (Å²) in [4.78, 5) is 0. The molecule has 1 N–H and O–H groups in total. The number of hydrogen-bond acceptors (Lipinski definition) is 1. The molecule has 0 atom stereocenters. The van der Waals surface area contributed by atoms with Crippen molar-refractivity contribution in [3.05, 3.63) is 39.1 Å². The molecule has 0 aliphatic heterocycles. The van der Waals surface area contributed by atoms with Crippen molar-refractivity contribution >= 4 is 44.8 Å². The Bertz CT molecular complexity index is 355. The number of hydrogen-bond donors (Lipinski definition) is 1. The minimum atomic E-state index is -0.319. The Morgan fingerprint density at radius 1 is 1.57 bits per heavy atom. The molecular weight excluding hydrogens is 292 g/mol. The zero-order valence-electron chi connectivity index (χ0n) is 7.03. The van der Waals surface area contributed by atoms with Gasteiger partial charge in [-0.25, -0.2) is 4.39 Å². The van der Waals surface area contributed by atoms with E-state index in [1.807, 2.05) is 0 Å². The van der Waals surface area contributed by atoms with Crippen LogP contribution in [-0.2, 0) is 0 Å². The smallest absolute Gasteiger partial charge is 0.139 e. The topological polar surface area (TPSA) is 12.0 Å². The molecule has 1 aromatic rings. The Morgan fingerprint density at radius 3 is 2.86 bits per heavy atom. The van der Waals surface area contributed by atoms with Crippen molar-refractivity contribution in [1.29, 1.82) is 0 Å². The molecule has 0 heterocycles. The highest BCUT2D eigenvalue weighted by molar-refractivity contribution is 9.10. The SMILES string of the molecule is Fc1cc(NCC(Cl)=CCl)ccc1Br. The van der Waals surface area contributed by atoms with E-state index in [0.29, 0.717) is 21.7 Å². The first-order valence-electron chi connectivity index (χ1n) is 3.77. The Balaban J connectivity index is 2.64. The Hall–Kier alpha value is -0.250. The van der Waals surface area contributed by atoms with Crippen molar-refractivity contribution in [2.24, 2.45) is 0 Å². The number of anilines is 1. The predicted molar refractivity (Wildman–Crippen MR) is 62.4 cm³/mol. The molecule has 5 heteroatoms. The van der Waals surface area contributed by atoms with Crippen molar-refractivity contribution in [3.63, 3.8) is 0 Å². The summed E-state index contributed by atoms with van der Waals surface area (Å²) in [5.74, 6) is -0.319. The standard InChI is InChI=1S/C9H7BrCl2FN/c10-8-2-1-7(3-9(8)13)14-5-6(12)4-11/h1-4,14H,5H2. The molecule has 76 valence electrons. The summed E-state index contributed by atoms with van der Waals surface area (Å²) in [6.45, 7) is 0.381. The van der Waals surface area contributed by atoms with E-state index < -0.39 is 0 Å². The van der Waals surface area contributed by atoms with E-state index in [1.165, 1.54) is 11.6 Å². The molecular formula is C9H7BrCl2FN.